The quantitative estimate of drug-likeness (QED) is 0.169. The van der Waals surface area contributed by atoms with Crippen molar-refractivity contribution in [1.29, 1.82) is 0 Å². The smallest absolute Gasteiger partial charge is 0.160 e. The summed E-state index contributed by atoms with van der Waals surface area (Å²) in [6.07, 6.45) is 0. The van der Waals surface area contributed by atoms with Crippen LogP contribution in [0.2, 0.25) is 0 Å². The molecule has 1 aliphatic carbocycles. The fourth-order valence-corrected chi connectivity index (χ4v) is 9.96. The van der Waals surface area contributed by atoms with Gasteiger partial charge in [-0.25, -0.2) is 9.97 Å². The van der Waals surface area contributed by atoms with Gasteiger partial charge < -0.3 is 0 Å². The molecule has 0 saturated carbocycles. The Labute approximate surface area is 336 Å². The highest BCUT2D eigenvalue weighted by atomic mass is 32.1. The van der Waals surface area contributed by atoms with E-state index in [1.54, 1.807) is 0 Å². The van der Waals surface area contributed by atoms with Crippen LogP contribution in [0, 0.1) is 0 Å². The molecule has 0 atom stereocenters. The van der Waals surface area contributed by atoms with Crippen LogP contribution in [0.1, 0.15) is 23.6 Å². The molecular formula is C54H36N2S. The lowest BCUT2D eigenvalue weighted by atomic mass is 9.74. The maximum Gasteiger partial charge on any atom is 0.160 e. The van der Waals surface area contributed by atoms with Crippen LogP contribution in [0.5, 0.6) is 0 Å². The van der Waals surface area contributed by atoms with Gasteiger partial charge in [0.15, 0.2) is 5.82 Å². The lowest BCUT2D eigenvalue weighted by molar-refractivity contribution is 0.714. The van der Waals surface area contributed by atoms with E-state index in [4.69, 9.17) is 9.97 Å². The van der Waals surface area contributed by atoms with Crippen molar-refractivity contribution >= 4 is 31.5 Å². The molecule has 8 aromatic carbocycles. The molecule has 11 rings (SSSR count). The zero-order valence-corrected chi connectivity index (χ0v) is 32.2. The Hall–Kier alpha value is -6.94. The number of aromatic nitrogens is 2. The maximum atomic E-state index is 5.15. The molecule has 0 radical (unpaired) electrons. The van der Waals surface area contributed by atoms with Crippen LogP contribution >= 0.6 is 11.3 Å². The highest BCUT2D eigenvalue weighted by molar-refractivity contribution is 7.25. The Bertz CT molecular complexity index is 3080. The van der Waals surface area contributed by atoms with E-state index >= 15 is 0 Å². The molecule has 0 N–H and O–H groups in total. The first kappa shape index (κ1) is 33.4. The molecule has 3 heteroatoms. The maximum absolute atomic E-state index is 5.15. The molecule has 10 aromatic rings. The van der Waals surface area contributed by atoms with E-state index in [-0.39, 0.29) is 5.41 Å². The van der Waals surface area contributed by atoms with Gasteiger partial charge in [0.2, 0.25) is 0 Å². The van der Waals surface area contributed by atoms with Crippen molar-refractivity contribution in [2.24, 2.45) is 0 Å². The summed E-state index contributed by atoms with van der Waals surface area (Å²) in [6, 6.07) is 72.2. The molecule has 0 bridgehead atoms. The van der Waals surface area contributed by atoms with E-state index in [2.05, 4.69) is 189 Å². The summed E-state index contributed by atoms with van der Waals surface area (Å²) < 4.78 is 2.63. The molecule has 268 valence electrons. The van der Waals surface area contributed by atoms with Crippen LogP contribution in [-0.2, 0) is 5.41 Å². The summed E-state index contributed by atoms with van der Waals surface area (Å²) in [5.74, 6) is 0.711. The molecule has 0 aliphatic heterocycles. The first-order chi connectivity index (χ1) is 28.1. The number of benzene rings is 8. The minimum Gasteiger partial charge on any atom is -0.228 e. The molecule has 1 aliphatic rings. The Balaban J connectivity index is 0.939. The van der Waals surface area contributed by atoms with Crippen LogP contribution in [-0.4, -0.2) is 9.97 Å². The van der Waals surface area contributed by atoms with Gasteiger partial charge in [-0.15, -0.1) is 11.3 Å². The minimum absolute atomic E-state index is 0.219. The molecule has 0 spiro atoms. The molecule has 0 unspecified atom stereocenters. The van der Waals surface area contributed by atoms with E-state index in [9.17, 15) is 0 Å². The second-order valence-corrected chi connectivity index (χ2v) is 16.2. The average molecular weight is 745 g/mol. The standard InChI is InChI=1S/C54H36N2S/c1-54(47-19-8-5-16-43(47)44-17-6-9-20-48(44)54)42-29-26-36(27-30-42)39-14-11-15-41(32-39)50-34-49(55-53(56-50)38-12-3-2-4-13-38)37-24-22-35(23-25-37)40-28-31-46-45-18-7-10-21-51(45)57-52(46)33-40/h2-34H,1H3. The molecule has 0 amide bonds. The van der Waals surface area contributed by atoms with E-state index in [1.807, 2.05) is 29.5 Å². The van der Waals surface area contributed by atoms with Crippen molar-refractivity contribution in [3.05, 3.63) is 217 Å². The number of rotatable bonds is 6. The van der Waals surface area contributed by atoms with Crippen LogP contribution in [0.4, 0.5) is 0 Å². The Kier molecular flexibility index (Phi) is 7.84. The van der Waals surface area contributed by atoms with Crippen LogP contribution < -0.4 is 0 Å². The van der Waals surface area contributed by atoms with Gasteiger partial charge in [-0.05, 0) is 81.3 Å². The van der Waals surface area contributed by atoms with Gasteiger partial charge in [0.1, 0.15) is 0 Å². The highest BCUT2D eigenvalue weighted by Gasteiger charge is 2.40. The third-order valence-corrected chi connectivity index (χ3v) is 13.0. The molecular weight excluding hydrogens is 709 g/mol. The van der Waals surface area contributed by atoms with Gasteiger partial charge >= 0.3 is 0 Å². The predicted molar refractivity (Wildman–Crippen MR) is 240 cm³/mol. The van der Waals surface area contributed by atoms with Crippen molar-refractivity contribution in [3.8, 4) is 67.3 Å². The number of hydrogen-bond acceptors (Lipinski definition) is 3. The van der Waals surface area contributed by atoms with Crippen molar-refractivity contribution in [2.75, 3.05) is 0 Å². The Morgan fingerprint density at radius 1 is 0.368 bits per heavy atom. The van der Waals surface area contributed by atoms with E-state index in [1.165, 1.54) is 64.7 Å². The number of thiophene rings is 1. The monoisotopic (exact) mass is 744 g/mol. The summed E-state index contributed by atoms with van der Waals surface area (Å²) in [6.45, 7) is 2.36. The normalized spacial score (nSPS) is 12.8. The third kappa shape index (κ3) is 5.62. The topological polar surface area (TPSA) is 25.8 Å². The highest BCUT2D eigenvalue weighted by Crippen LogP contribution is 2.52. The molecule has 2 nitrogen and oxygen atoms in total. The fraction of sp³-hybridized carbons (Fsp3) is 0.0370. The van der Waals surface area contributed by atoms with E-state index in [0.29, 0.717) is 5.82 Å². The van der Waals surface area contributed by atoms with Gasteiger partial charge in [-0.1, -0.05) is 176 Å². The van der Waals surface area contributed by atoms with Crippen molar-refractivity contribution in [1.82, 2.24) is 9.97 Å². The molecule has 2 aromatic heterocycles. The summed E-state index contributed by atoms with van der Waals surface area (Å²) in [5, 5.41) is 2.64. The van der Waals surface area contributed by atoms with Crippen molar-refractivity contribution in [3.63, 3.8) is 0 Å². The van der Waals surface area contributed by atoms with Crippen LogP contribution in [0.25, 0.3) is 87.5 Å². The largest absolute Gasteiger partial charge is 0.228 e. The molecule has 0 saturated heterocycles. The third-order valence-electron chi connectivity index (χ3n) is 11.8. The van der Waals surface area contributed by atoms with Crippen LogP contribution in [0.3, 0.4) is 0 Å². The zero-order chi connectivity index (χ0) is 37.9. The lowest BCUT2D eigenvalue weighted by Gasteiger charge is -2.28. The summed E-state index contributed by atoms with van der Waals surface area (Å²) in [4.78, 5) is 10.3. The minimum atomic E-state index is -0.219. The van der Waals surface area contributed by atoms with Crippen molar-refractivity contribution in [2.45, 2.75) is 12.3 Å². The first-order valence-corrected chi connectivity index (χ1v) is 20.3. The molecule has 0 fully saturated rings. The molecule has 57 heavy (non-hydrogen) atoms. The number of nitrogens with zero attached hydrogens (tertiary/aromatic N) is 2. The lowest BCUT2D eigenvalue weighted by Crippen LogP contribution is -2.22. The number of fused-ring (bicyclic) bond motifs is 6. The molecule has 2 heterocycles. The first-order valence-electron chi connectivity index (χ1n) is 19.5. The second kappa shape index (κ2) is 13.4. The van der Waals surface area contributed by atoms with E-state index < -0.39 is 0 Å². The fourth-order valence-electron chi connectivity index (χ4n) is 8.82. The van der Waals surface area contributed by atoms with Gasteiger partial charge in [-0.3, -0.25) is 0 Å². The Morgan fingerprint density at radius 3 is 1.63 bits per heavy atom. The van der Waals surface area contributed by atoms with Gasteiger partial charge in [0.05, 0.1) is 11.4 Å². The SMILES string of the molecule is CC1(c2ccc(-c3cccc(-c4cc(-c5ccc(-c6ccc7c(c6)sc6ccccc67)cc5)nc(-c5ccccc5)n4)c3)cc2)c2ccccc2-c2ccccc21. The average Bonchev–Trinajstić information content (AvgIpc) is 3.79. The zero-order valence-electron chi connectivity index (χ0n) is 31.4. The predicted octanol–water partition coefficient (Wildman–Crippen LogP) is 14.5. The van der Waals surface area contributed by atoms with Gasteiger partial charge in [-0.2, -0.15) is 0 Å². The van der Waals surface area contributed by atoms with Gasteiger partial charge in [0, 0.05) is 42.3 Å². The summed E-state index contributed by atoms with van der Waals surface area (Å²) >= 11 is 1.85. The van der Waals surface area contributed by atoms with Crippen LogP contribution in [0.15, 0.2) is 200 Å². The Morgan fingerprint density at radius 2 is 0.895 bits per heavy atom. The number of hydrogen-bond donors (Lipinski definition) is 0. The van der Waals surface area contributed by atoms with E-state index in [0.717, 1.165) is 33.6 Å². The van der Waals surface area contributed by atoms with Gasteiger partial charge in [0.25, 0.3) is 0 Å². The second-order valence-electron chi connectivity index (χ2n) is 15.1. The van der Waals surface area contributed by atoms with Crippen molar-refractivity contribution < 1.29 is 0 Å². The summed E-state index contributed by atoms with van der Waals surface area (Å²) in [7, 11) is 0. The summed E-state index contributed by atoms with van der Waals surface area (Å²) in [5.41, 5.74) is 16.0.